The van der Waals surface area contributed by atoms with Crippen LogP contribution in [0, 0.1) is 0 Å². The first-order valence-electron chi connectivity index (χ1n) is 9.52. The molecule has 2 unspecified atom stereocenters. The molecule has 7 heteroatoms. The van der Waals surface area contributed by atoms with Gasteiger partial charge in [-0.25, -0.2) is 5.01 Å². The zero-order chi connectivity index (χ0) is 20.8. The van der Waals surface area contributed by atoms with E-state index in [1.54, 1.807) is 36.4 Å². The summed E-state index contributed by atoms with van der Waals surface area (Å²) in [5.74, 6) is 1.33. The van der Waals surface area contributed by atoms with E-state index in [0.29, 0.717) is 22.8 Å². The molecule has 0 bridgehead atoms. The van der Waals surface area contributed by atoms with Crippen molar-refractivity contribution >= 4 is 17.3 Å². The Kier molecular flexibility index (Phi) is 4.44. The molecule has 152 valence electrons. The summed E-state index contributed by atoms with van der Waals surface area (Å²) in [5, 5.41) is 27.6. The maximum atomic E-state index is 10.3. The highest BCUT2D eigenvalue weighted by atomic mass is 35.5. The summed E-state index contributed by atoms with van der Waals surface area (Å²) in [6.45, 7) is 0. The van der Waals surface area contributed by atoms with E-state index in [0.717, 1.165) is 22.6 Å². The van der Waals surface area contributed by atoms with Crippen molar-refractivity contribution in [1.29, 1.82) is 0 Å². The maximum absolute atomic E-state index is 10.3. The van der Waals surface area contributed by atoms with Gasteiger partial charge >= 0.3 is 0 Å². The van der Waals surface area contributed by atoms with E-state index in [4.69, 9.17) is 26.2 Å². The van der Waals surface area contributed by atoms with Crippen LogP contribution in [0.25, 0.3) is 0 Å². The number of rotatable bonds is 3. The molecule has 2 aliphatic heterocycles. The van der Waals surface area contributed by atoms with E-state index in [1.165, 1.54) is 7.11 Å². The molecule has 0 spiro atoms. The van der Waals surface area contributed by atoms with E-state index in [1.807, 2.05) is 29.3 Å². The Morgan fingerprint density at radius 3 is 2.70 bits per heavy atom. The van der Waals surface area contributed by atoms with Crippen LogP contribution in [0.5, 0.6) is 23.0 Å². The number of phenolic OH excluding ortho intramolecular Hbond substituents is 2. The van der Waals surface area contributed by atoms with Gasteiger partial charge in [-0.15, -0.1) is 0 Å². The number of hydrogen-bond donors (Lipinski definition) is 2. The van der Waals surface area contributed by atoms with Gasteiger partial charge in [-0.05, 0) is 48.5 Å². The van der Waals surface area contributed by atoms with Crippen LogP contribution in [0.1, 0.15) is 35.4 Å². The third kappa shape index (κ3) is 3.00. The first-order chi connectivity index (χ1) is 14.5. The van der Waals surface area contributed by atoms with Crippen LogP contribution in [0.4, 0.5) is 0 Å². The van der Waals surface area contributed by atoms with Gasteiger partial charge in [0.15, 0.2) is 11.5 Å². The minimum Gasteiger partial charge on any atom is -0.507 e. The van der Waals surface area contributed by atoms with E-state index < -0.39 is 6.23 Å². The van der Waals surface area contributed by atoms with Crippen molar-refractivity contribution in [2.75, 3.05) is 7.11 Å². The van der Waals surface area contributed by atoms with Crippen LogP contribution in [-0.2, 0) is 0 Å². The summed E-state index contributed by atoms with van der Waals surface area (Å²) >= 11 is 6.26. The largest absolute Gasteiger partial charge is 0.507 e. The first kappa shape index (κ1) is 18.6. The van der Waals surface area contributed by atoms with Crippen LogP contribution in [0.2, 0.25) is 5.02 Å². The van der Waals surface area contributed by atoms with Crippen molar-refractivity contribution in [3.8, 4) is 23.0 Å². The summed E-state index contributed by atoms with van der Waals surface area (Å²) in [5.41, 5.74) is 3.19. The van der Waals surface area contributed by atoms with Crippen molar-refractivity contribution in [3.63, 3.8) is 0 Å². The third-order valence-corrected chi connectivity index (χ3v) is 5.69. The number of benzene rings is 3. The fourth-order valence-electron chi connectivity index (χ4n) is 4.01. The standard InChI is InChI=1S/C23H19ClN2O4/c1-29-22-10-13(6-8-20(22)28)23-26-18(16-11-14(24)7-9-21(16)30-23)12-17(25-26)15-4-2-3-5-19(15)27/h2-11,18,23,27-28H,12H2,1H3. The Morgan fingerprint density at radius 2 is 1.90 bits per heavy atom. The molecule has 2 heterocycles. The molecule has 2 N–H and O–H groups in total. The van der Waals surface area contributed by atoms with Crippen LogP contribution in [-0.4, -0.2) is 28.0 Å². The maximum Gasteiger partial charge on any atom is 0.214 e. The van der Waals surface area contributed by atoms with E-state index in [2.05, 4.69) is 0 Å². The van der Waals surface area contributed by atoms with Gasteiger partial charge in [-0.3, -0.25) is 0 Å². The fourth-order valence-corrected chi connectivity index (χ4v) is 4.19. The van der Waals surface area contributed by atoms with Gasteiger partial charge in [0.2, 0.25) is 6.23 Å². The number of hydrazone groups is 1. The molecule has 0 aliphatic carbocycles. The average Bonchev–Trinajstić information content (AvgIpc) is 3.19. The second-order valence-electron chi connectivity index (χ2n) is 7.25. The zero-order valence-corrected chi connectivity index (χ0v) is 16.9. The summed E-state index contributed by atoms with van der Waals surface area (Å²) in [4.78, 5) is 0. The van der Waals surface area contributed by atoms with Crippen molar-refractivity contribution < 1.29 is 19.7 Å². The highest BCUT2D eigenvalue weighted by Gasteiger charge is 2.41. The summed E-state index contributed by atoms with van der Waals surface area (Å²) < 4.78 is 11.6. The second kappa shape index (κ2) is 7.15. The molecule has 0 radical (unpaired) electrons. The van der Waals surface area contributed by atoms with Gasteiger partial charge in [0.25, 0.3) is 0 Å². The van der Waals surface area contributed by atoms with Crippen molar-refractivity contribution in [2.45, 2.75) is 18.7 Å². The number of halogens is 1. The fraction of sp³-hybridized carbons (Fsp3) is 0.174. The third-order valence-electron chi connectivity index (χ3n) is 5.46. The molecule has 0 amide bonds. The van der Waals surface area contributed by atoms with Crippen LogP contribution in [0.15, 0.2) is 65.8 Å². The van der Waals surface area contributed by atoms with Crippen molar-refractivity contribution in [2.24, 2.45) is 5.10 Å². The molecule has 0 aromatic heterocycles. The van der Waals surface area contributed by atoms with Crippen LogP contribution < -0.4 is 9.47 Å². The van der Waals surface area contributed by atoms with Gasteiger partial charge in [0, 0.05) is 28.1 Å². The number of phenols is 2. The molecule has 5 rings (SSSR count). The molecule has 3 aromatic rings. The Balaban J connectivity index is 1.63. The minimum atomic E-state index is -0.526. The molecule has 2 aliphatic rings. The highest BCUT2D eigenvalue weighted by Crippen LogP contribution is 2.49. The van der Waals surface area contributed by atoms with E-state index >= 15 is 0 Å². The monoisotopic (exact) mass is 422 g/mol. The Morgan fingerprint density at radius 1 is 1.07 bits per heavy atom. The molecule has 30 heavy (non-hydrogen) atoms. The number of methoxy groups -OCH3 is 1. The topological polar surface area (TPSA) is 74.5 Å². The number of fused-ring (bicyclic) bond motifs is 3. The van der Waals surface area contributed by atoms with Crippen LogP contribution >= 0.6 is 11.6 Å². The molecule has 0 fully saturated rings. The lowest BCUT2D eigenvalue weighted by molar-refractivity contribution is -0.0191. The lowest BCUT2D eigenvalue weighted by Crippen LogP contribution is -2.33. The number of ether oxygens (including phenoxy) is 2. The SMILES string of the molecule is COc1cc(C2Oc3ccc(Cl)cc3C3CC(c4ccccc4O)=NN32)ccc1O. The van der Waals surface area contributed by atoms with E-state index in [-0.39, 0.29) is 17.5 Å². The normalized spacial score (nSPS) is 19.5. The average molecular weight is 423 g/mol. The lowest BCUT2D eigenvalue weighted by atomic mass is 9.95. The molecule has 2 atom stereocenters. The molecular formula is C23H19ClN2O4. The number of hydrogen-bond acceptors (Lipinski definition) is 6. The van der Waals surface area contributed by atoms with Gasteiger partial charge in [0.05, 0.1) is 18.9 Å². The minimum absolute atomic E-state index is 0.0561. The molecule has 3 aromatic carbocycles. The Bertz CT molecular complexity index is 1160. The molecule has 6 nitrogen and oxygen atoms in total. The lowest BCUT2D eigenvalue weighted by Gasteiger charge is -2.38. The highest BCUT2D eigenvalue weighted by molar-refractivity contribution is 6.30. The van der Waals surface area contributed by atoms with Crippen molar-refractivity contribution in [1.82, 2.24) is 5.01 Å². The Hall–Kier alpha value is -3.38. The van der Waals surface area contributed by atoms with E-state index in [9.17, 15) is 10.2 Å². The zero-order valence-electron chi connectivity index (χ0n) is 16.1. The number of nitrogens with zero attached hydrogens (tertiary/aromatic N) is 2. The quantitative estimate of drug-likeness (QED) is 0.621. The smallest absolute Gasteiger partial charge is 0.214 e. The van der Waals surface area contributed by atoms with Gasteiger partial charge < -0.3 is 19.7 Å². The van der Waals surface area contributed by atoms with Gasteiger partial charge in [0.1, 0.15) is 11.5 Å². The first-order valence-corrected chi connectivity index (χ1v) is 9.90. The Labute approximate surface area is 178 Å². The number of para-hydroxylation sites is 1. The summed E-state index contributed by atoms with van der Waals surface area (Å²) in [7, 11) is 1.50. The second-order valence-corrected chi connectivity index (χ2v) is 7.68. The summed E-state index contributed by atoms with van der Waals surface area (Å²) in [6, 6.07) is 17.7. The van der Waals surface area contributed by atoms with Gasteiger partial charge in [-0.1, -0.05) is 23.7 Å². The van der Waals surface area contributed by atoms with Gasteiger partial charge in [-0.2, -0.15) is 5.10 Å². The molecule has 0 saturated heterocycles. The molecular weight excluding hydrogens is 404 g/mol. The van der Waals surface area contributed by atoms with Crippen molar-refractivity contribution in [3.05, 3.63) is 82.4 Å². The van der Waals surface area contributed by atoms with Crippen LogP contribution in [0.3, 0.4) is 0 Å². The molecule has 0 saturated carbocycles. The number of aromatic hydroxyl groups is 2. The summed E-state index contributed by atoms with van der Waals surface area (Å²) in [6.07, 6.45) is 0.0709. The predicted molar refractivity (Wildman–Crippen MR) is 113 cm³/mol. The predicted octanol–water partition coefficient (Wildman–Crippen LogP) is 5.00.